The van der Waals surface area contributed by atoms with Gasteiger partial charge in [0, 0.05) is 32.2 Å². The predicted octanol–water partition coefficient (Wildman–Crippen LogP) is 2.40. The van der Waals surface area contributed by atoms with E-state index in [0.29, 0.717) is 45.6 Å². The van der Waals surface area contributed by atoms with E-state index in [4.69, 9.17) is 4.74 Å². The molecular weight excluding hydrogens is 382 g/mol. The molecule has 7 nitrogen and oxygen atoms in total. The van der Waals surface area contributed by atoms with E-state index in [1.54, 1.807) is 4.90 Å². The number of carbonyl (C=O) groups excluding carboxylic acids is 3. The highest BCUT2D eigenvalue weighted by Crippen LogP contribution is 2.40. The highest BCUT2D eigenvalue weighted by Gasteiger charge is 2.58. The summed E-state index contributed by atoms with van der Waals surface area (Å²) in [6.07, 6.45) is 4.75. The molecule has 1 spiro atoms. The SMILES string of the molecule is O=C(C1CC1)N1CCC2(CC1)C(=O)N(CC1CCCO1)C(=O)N2Cc1ccccc1. The Bertz CT molecular complexity index is 824. The molecule has 4 aliphatic rings. The van der Waals surface area contributed by atoms with Crippen molar-refractivity contribution in [1.82, 2.24) is 14.7 Å². The molecule has 0 radical (unpaired) electrons. The number of likely N-dealkylation sites (tertiary alicyclic amines) is 1. The molecule has 0 aromatic heterocycles. The van der Waals surface area contributed by atoms with Crippen LogP contribution in [0.5, 0.6) is 0 Å². The normalized spacial score (nSPS) is 26.1. The molecule has 3 heterocycles. The maximum Gasteiger partial charge on any atom is 0.328 e. The van der Waals surface area contributed by atoms with Gasteiger partial charge in [-0.15, -0.1) is 0 Å². The van der Waals surface area contributed by atoms with Gasteiger partial charge in [0.15, 0.2) is 0 Å². The van der Waals surface area contributed by atoms with E-state index < -0.39 is 5.54 Å². The summed E-state index contributed by atoms with van der Waals surface area (Å²) in [6, 6.07) is 9.60. The van der Waals surface area contributed by atoms with Crippen LogP contribution in [-0.4, -0.2) is 70.4 Å². The van der Waals surface area contributed by atoms with E-state index in [-0.39, 0.29) is 29.9 Å². The van der Waals surface area contributed by atoms with Crippen molar-refractivity contribution in [3.63, 3.8) is 0 Å². The molecule has 1 unspecified atom stereocenters. The Morgan fingerprint density at radius 1 is 1.07 bits per heavy atom. The zero-order chi connectivity index (χ0) is 20.7. The first-order valence-electron chi connectivity index (χ1n) is 11.2. The van der Waals surface area contributed by atoms with Crippen LogP contribution in [0, 0.1) is 5.92 Å². The first kappa shape index (κ1) is 19.5. The number of benzene rings is 1. The first-order chi connectivity index (χ1) is 14.6. The van der Waals surface area contributed by atoms with Crippen molar-refractivity contribution in [2.24, 2.45) is 5.92 Å². The summed E-state index contributed by atoms with van der Waals surface area (Å²) in [7, 11) is 0. The number of nitrogens with zero attached hydrogens (tertiary/aromatic N) is 3. The second kappa shape index (κ2) is 7.69. The highest BCUT2D eigenvalue weighted by molar-refractivity contribution is 6.07. The van der Waals surface area contributed by atoms with Gasteiger partial charge in [0.2, 0.25) is 5.91 Å². The average Bonchev–Trinajstić information content (AvgIpc) is 3.47. The maximum absolute atomic E-state index is 13.6. The minimum Gasteiger partial charge on any atom is -0.376 e. The van der Waals surface area contributed by atoms with Gasteiger partial charge in [0.25, 0.3) is 5.91 Å². The summed E-state index contributed by atoms with van der Waals surface area (Å²) >= 11 is 0. The lowest BCUT2D eigenvalue weighted by Gasteiger charge is -2.42. The zero-order valence-electron chi connectivity index (χ0n) is 17.3. The fraction of sp³-hybridized carbons (Fsp3) is 0.609. The van der Waals surface area contributed by atoms with Gasteiger partial charge < -0.3 is 14.5 Å². The van der Waals surface area contributed by atoms with Crippen LogP contribution >= 0.6 is 0 Å². The third-order valence-electron chi connectivity index (χ3n) is 7.04. The largest absolute Gasteiger partial charge is 0.376 e. The molecule has 30 heavy (non-hydrogen) atoms. The molecule has 4 amide bonds. The number of imide groups is 1. The van der Waals surface area contributed by atoms with Crippen LogP contribution in [0.3, 0.4) is 0 Å². The van der Waals surface area contributed by atoms with Gasteiger partial charge in [-0.25, -0.2) is 4.79 Å². The van der Waals surface area contributed by atoms with Crippen molar-refractivity contribution >= 4 is 17.8 Å². The van der Waals surface area contributed by atoms with E-state index >= 15 is 0 Å². The molecule has 4 fully saturated rings. The summed E-state index contributed by atoms with van der Waals surface area (Å²) in [5, 5.41) is 0. The van der Waals surface area contributed by atoms with Gasteiger partial charge in [-0.3, -0.25) is 14.5 Å². The molecule has 0 bridgehead atoms. The molecule has 1 aromatic carbocycles. The number of rotatable bonds is 5. The number of amides is 4. The Morgan fingerprint density at radius 2 is 1.80 bits per heavy atom. The van der Waals surface area contributed by atoms with Crippen molar-refractivity contribution in [1.29, 1.82) is 0 Å². The molecule has 3 saturated heterocycles. The lowest BCUT2D eigenvalue weighted by molar-refractivity contribution is -0.142. The Morgan fingerprint density at radius 3 is 2.43 bits per heavy atom. The number of urea groups is 1. The van der Waals surface area contributed by atoms with E-state index in [0.717, 1.165) is 31.2 Å². The van der Waals surface area contributed by atoms with Crippen LogP contribution in [0.1, 0.15) is 44.1 Å². The molecule has 1 atom stereocenters. The Balaban J connectivity index is 1.39. The lowest BCUT2D eigenvalue weighted by atomic mass is 9.85. The molecule has 7 heteroatoms. The number of hydrogen-bond donors (Lipinski definition) is 0. The predicted molar refractivity (Wildman–Crippen MR) is 109 cm³/mol. The zero-order valence-corrected chi connectivity index (χ0v) is 17.3. The smallest absolute Gasteiger partial charge is 0.328 e. The summed E-state index contributed by atoms with van der Waals surface area (Å²) in [5.74, 6) is 0.279. The summed E-state index contributed by atoms with van der Waals surface area (Å²) in [4.78, 5) is 44.6. The van der Waals surface area contributed by atoms with Gasteiger partial charge >= 0.3 is 6.03 Å². The summed E-state index contributed by atoms with van der Waals surface area (Å²) in [6.45, 7) is 2.50. The lowest BCUT2D eigenvalue weighted by Crippen LogP contribution is -2.57. The summed E-state index contributed by atoms with van der Waals surface area (Å²) in [5.41, 5.74) is 0.153. The molecular formula is C23H29N3O4. The van der Waals surface area contributed by atoms with Crippen LogP contribution < -0.4 is 0 Å². The van der Waals surface area contributed by atoms with Crippen LogP contribution in [0.15, 0.2) is 30.3 Å². The maximum atomic E-state index is 13.6. The van der Waals surface area contributed by atoms with Gasteiger partial charge in [-0.2, -0.15) is 0 Å². The fourth-order valence-electron chi connectivity index (χ4n) is 5.09. The minimum absolute atomic E-state index is 0.0665. The Kier molecular flexibility index (Phi) is 5.01. The van der Waals surface area contributed by atoms with Gasteiger partial charge in [-0.05, 0) is 44.1 Å². The quantitative estimate of drug-likeness (QED) is 0.698. The number of ether oxygens (including phenoxy) is 1. The summed E-state index contributed by atoms with van der Waals surface area (Å²) < 4.78 is 5.71. The number of carbonyl (C=O) groups is 3. The van der Waals surface area contributed by atoms with Gasteiger partial charge in [0.05, 0.1) is 12.6 Å². The topological polar surface area (TPSA) is 70.2 Å². The number of piperidine rings is 1. The second-order valence-corrected chi connectivity index (χ2v) is 9.04. The first-order valence-corrected chi connectivity index (χ1v) is 11.2. The molecule has 1 aromatic rings. The third-order valence-corrected chi connectivity index (χ3v) is 7.04. The van der Waals surface area contributed by atoms with Crippen molar-refractivity contribution in [3.8, 4) is 0 Å². The highest BCUT2D eigenvalue weighted by atomic mass is 16.5. The molecule has 1 saturated carbocycles. The Hall–Kier alpha value is -2.41. The van der Waals surface area contributed by atoms with Crippen molar-refractivity contribution in [2.75, 3.05) is 26.2 Å². The third kappa shape index (κ3) is 3.39. The van der Waals surface area contributed by atoms with Gasteiger partial charge in [0.1, 0.15) is 5.54 Å². The molecule has 160 valence electrons. The van der Waals surface area contributed by atoms with Crippen molar-refractivity contribution in [3.05, 3.63) is 35.9 Å². The standard InChI is InChI=1S/C23H29N3O4/c27-20(18-8-9-18)24-12-10-23(11-13-24)21(28)25(16-19-7-4-14-30-19)22(29)26(23)15-17-5-2-1-3-6-17/h1-3,5-6,18-19H,4,7-16H2. The minimum atomic E-state index is -0.855. The average molecular weight is 412 g/mol. The van der Waals surface area contributed by atoms with Crippen LogP contribution in [0.25, 0.3) is 0 Å². The monoisotopic (exact) mass is 411 g/mol. The molecule has 0 N–H and O–H groups in total. The second-order valence-electron chi connectivity index (χ2n) is 9.04. The Labute approximate surface area is 176 Å². The van der Waals surface area contributed by atoms with Crippen LogP contribution in [-0.2, 0) is 20.9 Å². The van der Waals surface area contributed by atoms with E-state index in [9.17, 15) is 14.4 Å². The van der Waals surface area contributed by atoms with Gasteiger partial charge in [-0.1, -0.05) is 30.3 Å². The van der Waals surface area contributed by atoms with E-state index in [1.807, 2.05) is 35.2 Å². The molecule has 1 aliphatic carbocycles. The van der Waals surface area contributed by atoms with Crippen molar-refractivity contribution in [2.45, 2.75) is 56.7 Å². The van der Waals surface area contributed by atoms with Crippen LogP contribution in [0.2, 0.25) is 0 Å². The number of hydrogen-bond acceptors (Lipinski definition) is 4. The van der Waals surface area contributed by atoms with Crippen LogP contribution in [0.4, 0.5) is 4.79 Å². The fourth-order valence-corrected chi connectivity index (χ4v) is 5.09. The molecule has 5 rings (SSSR count). The van der Waals surface area contributed by atoms with Crippen molar-refractivity contribution < 1.29 is 19.1 Å². The van der Waals surface area contributed by atoms with E-state index in [1.165, 1.54) is 4.90 Å². The molecule has 3 aliphatic heterocycles. The van der Waals surface area contributed by atoms with E-state index in [2.05, 4.69) is 0 Å².